The number of thiocarbonyl (C=S) groups is 1. The van der Waals surface area contributed by atoms with Gasteiger partial charge in [0.15, 0.2) is 16.6 Å². The van der Waals surface area contributed by atoms with Crippen molar-refractivity contribution in [2.75, 3.05) is 18.5 Å². The minimum atomic E-state index is -0.368. The Kier molecular flexibility index (Phi) is 5.31. The van der Waals surface area contributed by atoms with E-state index in [4.69, 9.17) is 21.7 Å². The number of hydrogen-bond donors (Lipinski definition) is 3. The summed E-state index contributed by atoms with van der Waals surface area (Å²) in [5.41, 5.74) is 3.75. The molecule has 0 saturated carbocycles. The van der Waals surface area contributed by atoms with Crippen molar-refractivity contribution in [2.24, 2.45) is 0 Å². The van der Waals surface area contributed by atoms with Crippen molar-refractivity contribution in [1.82, 2.24) is 10.6 Å². The van der Waals surface area contributed by atoms with Crippen LogP contribution in [0.25, 0.3) is 5.70 Å². The second-order valence-electron chi connectivity index (χ2n) is 7.06. The Hall–Kier alpha value is -3.36. The molecule has 3 heterocycles. The number of hydrogen-bond acceptors (Lipinski definition) is 5. The quantitative estimate of drug-likeness (QED) is 0.521. The van der Waals surface area contributed by atoms with Crippen LogP contribution in [0.3, 0.4) is 0 Å². The normalized spacial score (nSPS) is 17.5. The van der Waals surface area contributed by atoms with Crippen LogP contribution >= 0.6 is 23.6 Å². The molecule has 156 valence electrons. The molecule has 2 aliphatic heterocycles. The summed E-state index contributed by atoms with van der Waals surface area (Å²) >= 11 is 7.03. The second kappa shape index (κ2) is 8.41. The van der Waals surface area contributed by atoms with E-state index < -0.39 is 0 Å². The summed E-state index contributed by atoms with van der Waals surface area (Å²) < 4.78 is 11.2. The maximum atomic E-state index is 13.6. The van der Waals surface area contributed by atoms with Gasteiger partial charge in [-0.1, -0.05) is 30.3 Å². The molecule has 0 radical (unpaired) electrons. The first-order valence-electron chi connectivity index (χ1n) is 9.79. The predicted octanol–water partition coefficient (Wildman–Crippen LogP) is 4.09. The molecule has 0 aliphatic carbocycles. The van der Waals surface area contributed by atoms with E-state index in [0.29, 0.717) is 46.8 Å². The van der Waals surface area contributed by atoms with Crippen molar-refractivity contribution in [3.63, 3.8) is 0 Å². The lowest BCUT2D eigenvalue weighted by Crippen LogP contribution is -2.45. The number of fused-ring (bicyclic) bond motifs is 1. The van der Waals surface area contributed by atoms with Gasteiger partial charge in [0.25, 0.3) is 5.91 Å². The largest absolute Gasteiger partial charge is 0.486 e. The summed E-state index contributed by atoms with van der Waals surface area (Å²) in [6, 6.07) is 16.7. The van der Waals surface area contributed by atoms with Crippen LogP contribution in [0.4, 0.5) is 5.69 Å². The van der Waals surface area contributed by atoms with Crippen LogP contribution in [0.2, 0.25) is 0 Å². The van der Waals surface area contributed by atoms with E-state index in [9.17, 15) is 4.79 Å². The first-order valence-corrected chi connectivity index (χ1v) is 11.1. The zero-order valence-electron chi connectivity index (χ0n) is 16.4. The van der Waals surface area contributed by atoms with Gasteiger partial charge >= 0.3 is 0 Å². The molecule has 1 atom stereocenters. The zero-order chi connectivity index (χ0) is 21.2. The maximum absolute atomic E-state index is 13.6. The van der Waals surface area contributed by atoms with E-state index in [2.05, 4.69) is 16.0 Å². The van der Waals surface area contributed by atoms with Crippen molar-refractivity contribution in [2.45, 2.75) is 6.04 Å². The summed E-state index contributed by atoms with van der Waals surface area (Å²) in [5, 5.41) is 13.9. The standard InChI is InChI=1S/C23H19N3O3S2/c27-22(24-16-6-7-17-18(12-16)29-10-9-28-17)19-20(14-4-2-1-3-5-14)25-23(30)26-21(19)15-8-11-31-13-15/h1-8,11-13,21H,9-10H2,(H,24,27)(H2,25,26,30). The van der Waals surface area contributed by atoms with Gasteiger partial charge in [0.05, 0.1) is 17.3 Å². The van der Waals surface area contributed by atoms with Crippen LogP contribution in [0, 0.1) is 0 Å². The Morgan fingerprint density at radius 2 is 1.87 bits per heavy atom. The lowest BCUT2D eigenvalue weighted by atomic mass is 9.93. The number of nitrogens with one attached hydrogen (secondary N) is 3. The van der Waals surface area contributed by atoms with E-state index in [0.717, 1.165) is 11.1 Å². The van der Waals surface area contributed by atoms with Crippen molar-refractivity contribution in [1.29, 1.82) is 0 Å². The Morgan fingerprint density at radius 1 is 1.06 bits per heavy atom. The van der Waals surface area contributed by atoms with Gasteiger partial charge in [-0.2, -0.15) is 11.3 Å². The van der Waals surface area contributed by atoms with Gasteiger partial charge in [-0.15, -0.1) is 0 Å². The molecule has 0 saturated heterocycles. The predicted molar refractivity (Wildman–Crippen MR) is 125 cm³/mol. The first kappa shape index (κ1) is 19.6. The van der Waals surface area contributed by atoms with Crippen LogP contribution in [0.15, 0.2) is 70.9 Å². The lowest BCUT2D eigenvalue weighted by Gasteiger charge is -2.31. The molecule has 8 heteroatoms. The summed E-state index contributed by atoms with van der Waals surface area (Å²) in [6.07, 6.45) is 0. The van der Waals surface area contributed by atoms with Crippen molar-refractivity contribution >= 4 is 46.0 Å². The highest BCUT2D eigenvalue weighted by Gasteiger charge is 2.32. The van der Waals surface area contributed by atoms with Gasteiger partial charge in [-0.25, -0.2) is 0 Å². The SMILES string of the molecule is O=C(Nc1ccc2c(c1)OCCO2)C1=C(c2ccccc2)NC(=S)NC1c1ccsc1. The van der Waals surface area contributed by atoms with Gasteiger partial charge < -0.3 is 25.4 Å². The number of thiophene rings is 1. The molecule has 2 aromatic carbocycles. The van der Waals surface area contributed by atoms with Crippen molar-refractivity contribution in [3.05, 3.63) is 82.1 Å². The Bertz CT molecular complexity index is 1160. The van der Waals surface area contributed by atoms with Crippen LogP contribution in [0.1, 0.15) is 17.2 Å². The van der Waals surface area contributed by atoms with Gasteiger partial charge in [0, 0.05) is 11.8 Å². The summed E-state index contributed by atoms with van der Waals surface area (Å²) in [6.45, 7) is 1.00. The number of anilines is 1. The molecule has 1 aromatic heterocycles. The number of amides is 1. The molecule has 5 rings (SSSR count). The molecular formula is C23H19N3O3S2. The molecule has 1 unspecified atom stereocenters. The Morgan fingerprint density at radius 3 is 2.65 bits per heavy atom. The van der Waals surface area contributed by atoms with Crippen molar-refractivity contribution in [3.8, 4) is 11.5 Å². The fraction of sp³-hybridized carbons (Fsp3) is 0.130. The zero-order valence-corrected chi connectivity index (χ0v) is 18.0. The maximum Gasteiger partial charge on any atom is 0.256 e. The average molecular weight is 450 g/mol. The third-order valence-corrected chi connectivity index (χ3v) is 5.98. The molecule has 0 bridgehead atoms. The van der Waals surface area contributed by atoms with Crippen LogP contribution in [-0.4, -0.2) is 24.2 Å². The number of ether oxygens (including phenoxy) is 2. The minimum Gasteiger partial charge on any atom is -0.486 e. The van der Waals surface area contributed by atoms with E-state index in [1.807, 2.05) is 53.2 Å². The summed E-state index contributed by atoms with van der Waals surface area (Å²) in [4.78, 5) is 13.6. The van der Waals surface area contributed by atoms with E-state index >= 15 is 0 Å². The molecule has 3 aromatic rings. The third-order valence-electron chi connectivity index (χ3n) is 5.06. The molecule has 2 aliphatic rings. The van der Waals surface area contributed by atoms with Gasteiger partial charge in [0.1, 0.15) is 13.2 Å². The summed E-state index contributed by atoms with van der Waals surface area (Å²) in [7, 11) is 0. The molecule has 31 heavy (non-hydrogen) atoms. The lowest BCUT2D eigenvalue weighted by molar-refractivity contribution is -0.113. The van der Waals surface area contributed by atoms with Crippen LogP contribution < -0.4 is 25.4 Å². The highest BCUT2D eigenvalue weighted by molar-refractivity contribution is 7.80. The van der Waals surface area contributed by atoms with Gasteiger partial charge in [-0.3, -0.25) is 4.79 Å². The topological polar surface area (TPSA) is 71.6 Å². The minimum absolute atomic E-state index is 0.228. The highest BCUT2D eigenvalue weighted by Crippen LogP contribution is 2.35. The molecule has 6 nitrogen and oxygen atoms in total. The van der Waals surface area contributed by atoms with Gasteiger partial charge in [0.2, 0.25) is 0 Å². The molecule has 3 N–H and O–H groups in total. The fourth-order valence-electron chi connectivity index (χ4n) is 3.65. The third kappa shape index (κ3) is 3.99. The smallest absolute Gasteiger partial charge is 0.256 e. The number of benzene rings is 2. The number of rotatable bonds is 4. The molecule has 0 spiro atoms. The molecular weight excluding hydrogens is 430 g/mol. The van der Waals surface area contributed by atoms with Crippen LogP contribution in [-0.2, 0) is 4.79 Å². The van der Waals surface area contributed by atoms with E-state index in [1.54, 1.807) is 23.5 Å². The molecule has 0 fully saturated rings. The van der Waals surface area contributed by atoms with Gasteiger partial charge in [-0.05, 0) is 52.3 Å². The number of carbonyl (C=O) groups is 1. The number of carbonyl (C=O) groups excluding carboxylic acids is 1. The van der Waals surface area contributed by atoms with Crippen LogP contribution in [0.5, 0.6) is 11.5 Å². The van der Waals surface area contributed by atoms with Crippen molar-refractivity contribution < 1.29 is 14.3 Å². The fourth-order valence-corrected chi connectivity index (χ4v) is 4.56. The molecule has 1 amide bonds. The summed E-state index contributed by atoms with van der Waals surface area (Å²) in [5.74, 6) is 1.07. The van der Waals surface area contributed by atoms with E-state index in [1.165, 1.54) is 0 Å². The van der Waals surface area contributed by atoms with E-state index in [-0.39, 0.29) is 11.9 Å². The first-order chi connectivity index (χ1) is 15.2. The highest BCUT2D eigenvalue weighted by atomic mass is 32.1. The monoisotopic (exact) mass is 449 g/mol. The average Bonchev–Trinajstić information content (AvgIpc) is 3.34. The Labute approximate surface area is 188 Å². The second-order valence-corrected chi connectivity index (χ2v) is 8.24. The Balaban J connectivity index is 1.55.